The molecule has 0 fully saturated rings. The molecule has 2 aromatic carbocycles. The highest BCUT2D eigenvalue weighted by Crippen LogP contribution is 2.20. The monoisotopic (exact) mass is 307 g/mol. The number of hydrogen-bond donors (Lipinski definition) is 1. The maximum Gasteiger partial charge on any atom is 0.182 e. The first kappa shape index (κ1) is 15.7. The normalized spacial score (nSPS) is 11.6. The van der Waals surface area contributed by atoms with Crippen LogP contribution in [0.3, 0.4) is 0 Å². The second kappa shape index (κ2) is 5.95. The van der Waals surface area contributed by atoms with Crippen LogP contribution in [0.5, 0.6) is 0 Å². The van der Waals surface area contributed by atoms with Crippen molar-refractivity contribution in [3.63, 3.8) is 0 Å². The van der Waals surface area contributed by atoms with E-state index in [1.807, 2.05) is 13.8 Å². The molecule has 21 heavy (non-hydrogen) atoms. The van der Waals surface area contributed by atoms with Gasteiger partial charge in [-0.15, -0.1) is 0 Å². The van der Waals surface area contributed by atoms with Gasteiger partial charge in [0.25, 0.3) is 0 Å². The van der Waals surface area contributed by atoms with Crippen LogP contribution >= 0.6 is 0 Å². The van der Waals surface area contributed by atoms with Crippen LogP contribution in [0.1, 0.15) is 22.3 Å². The molecule has 2 N–H and O–H groups in total. The van der Waals surface area contributed by atoms with Crippen molar-refractivity contribution in [2.75, 3.05) is 0 Å². The number of halogens is 1. The minimum absolute atomic E-state index is 0.175. The molecule has 0 heterocycles. The van der Waals surface area contributed by atoms with Crippen molar-refractivity contribution in [1.29, 1.82) is 0 Å². The molecule has 3 nitrogen and oxygen atoms in total. The number of aryl methyl sites for hydroxylation is 2. The highest BCUT2D eigenvalue weighted by atomic mass is 32.2. The van der Waals surface area contributed by atoms with E-state index in [4.69, 9.17) is 5.73 Å². The van der Waals surface area contributed by atoms with E-state index in [2.05, 4.69) is 0 Å². The molecule has 0 radical (unpaired) electrons. The van der Waals surface area contributed by atoms with Gasteiger partial charge in [-0.05, 0) is 60.4 Å². The van der Waals surface area contributed by atoms with E-state index in [0.29, 0.717) is 11.1 Å². The van der Waals surface area contributed by atoms with Gasteiger partial charge < -0.3 is 5.73 Å². The minimum Gasteiger partial charge on any atom is -0.326 e. The molecule has 5 heteroatoms. The summed E-state index contributed by atoms with van der Waals surface area (Å²) in [6, 6.07) is 9.18. The first-order valence-electron chi connectivity index (χ1n) is 6.60. The molecule has 0 saturated heterocycles. The Balaban J connectivity index is 2.37. The van der Waals surface area contributed by atoms with Gasteiger partial charge in [-0.3, -0.25) is 0 Å². The van der Waals surface area contributed by atoms with Crippen LogP contribution in [0.25, 0.3) is 0 Å². The van der Waals surface area contributed by atoms with E-state index < -0.39 is 15.7 Å². The van der Waals surface area contributed by atoms with Crippen LogP contribution in [0.2, 0.25) is 0 Å². The van der Waals surface area contributed by atoms with Crippen LogP contribution in [-0.4, -0.2) is 8.42 Å². The first-order chi connectivity index (χ1) is 9.81. The predicted molar refractivity (Wildman–Crippen MR) is 81.1 cm³/mol. The Morgan fingerprint density at radius 2 is 1.67 bits per heavy atom. The third-order valence-electron chi connectivity index (χ3n) is 3.45. The summed E-state index contributed by atoms with van der Waals surface area (Å²) in [7, 11) is -3.50. The molecule has 0 unspecified atom stereocenters. The summed E-state index contributed by atoms with van der Waals surface area (Å²) in [5, 5.41) is 0. The second-order valence-electron chi connectivity index (χ2n) is 5.18. The van der Waals surface area contributed by atoms with Crippen molar-refractivity contribution in [2.45, 2.75) is 31.0 Å². The summed E-state index contributed by atoms with van der Waals surface area (Å²) in [5.41, 5.74) is 8.42. The van der Waals surface area contributed by atoms with Crippen LogP contribution in [0.15, 0.2) is 41.3 Å². The highest BCUT2D eigenvalue weighted by Gasteiger charge is 2.17. The van der Waals surface area contributed by atoms with E-state index in [0.717, 1.165) is 11.1 Å². The van der Waals surface area contributed by atoms with Crippen LogP contribution in [0, 0.1) is 19.7 Å². The zero-order valence-corrected chi connectivity index (χ0v) is 12.9. The molecular weight excluding hydrogens is 289 g/mol. The molecule has 0 spiro atoms. The minimum atomic E-state index is -3.50. The van der Waals surface area contributed by atoms with Gasteiger partial charge in [0, 0.05) is 6.54 Å². The van der Waals surface area contributed by atoms with Crippen molar-refractivity contribution in [1.82, 2.24) is 0 Å². The smallest absolute Gasteiger partial charge is 0.182 e. The molecule has 2 aromatic rings. The van der Waals surface area contributed by atoms with Gasteiger partial charge in [-0.1, -0.05) is 12.1 Å². The number of sulfone groups is 1. The SMILES string of the molecule is Cc1ccc(S(=O)(=O)Cc2cc(F)cc(CN)c2)cc1C. The van der Waals surface area contributed by atoms with Crippen molar-refractivity contribution in [3.05, 3.63) is 64.5 Å². The largest absolute Gasteiger partial charge is 0.326 e. The van der Waals surface area contributed by atoms with Crippen molar-refractivity contribution in [2.24, 2.45) is 5.73 Å². The van der Waals surface area contributed by atoms with E-state index in [1.165, 1.54) is 12.1 Å². The summed E-state index contributed by atoms with van der Waals surface area (Å²) in [4.78, 5) is 0.254. The fourth-order valence-corrected chi connectivity index (χ4v) is 3.53. The van der Waals surface area contributed by atoms with Gasteiger partial charge in [0.05, 0.1) is 10.6 Å². The summed E-state index contributed by atoms with van der Waals surface area (Å²) in [6.45, 7) is 3.96. The Morgan fingerprint density at radius 1 is 1.00 bits per heavy atom. The maximum atomic E-state index is 13.5. The van der Waals surface area contributed by atoms with E-state index in [-0.39, 0.29) is 17.2 Å². The standard InChI is InChI=1S/C16H18FNO2S/c1-11-3-4-16(5-12(11)2)21(19,20)10-14-6-13(9-18)7-15(17)8-14/h3-8H,9-10,18H2,1-2H3. The molecule has 0 saturated carbocycles. The molecular formula is C16H18FNO2S. The second-order valence-corrected chi connectivity index (χ2v) is 7.17. The molecule has 0 bridgehead atoms. The van der Waals surface area contributed by atoms with E-state index in [1.54, 1.807) is 24.3 Å². The molecule has 0 atom stereocenters. The topological polar surface area (TPSA) is 60.2 Å². The quantitative estimate of drug-likeness (QED) is 0.945. The van der Waals surface area contributed by atoms with Gasteiger partial charge in [-0.2, -0.15) is 0 Å². The Kier molecular flexibility index (Phi) is 4.44. The molecule has 0 aliphatic carbocycles. The maximum absolute atomic E-state index is 13.5. The van der Waals surface area contributed by atoms with Gasteiger partial charge >= 0.3 is 0 Å². The summed E-state index contributed by atoms with van der Waals surface area (Å²) in [5.74, 6) is -0.705. The van der Waals surface area contributed by atoms with Crippen molar-refractivity contribution >= 4 is 9.84 Å². The van der Waals surface area contributed by atoms with E-state index >= 15 is 0 Å². The van der Waals surface area contributed by atoms with Crippen LogP contribution < -0.4 is 5.73 Å². The lowest BCUT2D eigenvalue weighted by atomic mass is 10.1. The lowest BCUT2D eigenvalue weighted by molar-refractivity contribution is 0.594. The Morgan fingerprint density at radius 3 is 2.29 bits per heavy atom. The summed E-state index contributed by atoms with van der Waals surface area (Å²) >= 11 is 0. The lowest BCUT2D eigenvalue weighted by Gasteiger charge is -2.08. The summed E-state index contributed by atoms with van der Waals surface area (Å²) in [6.07, 6.45) is 0. The van der Waals surface area contributed by atoms with Gasteiger partial charge in [0.1, 0.15) is 5.82 Å². The summed E-state index contributed by atoms with van der Waals surface area (Å²) < 4.78 is 38.3. The average molecular weight is 307 g/mol. The van der Waals surface area contributed by atoms with Crippen molar-refractivity contribution < 1.29 is 12.8 Å². The zero-order valence-electron chi connectivity index (χ0n) is 12.1. The first-order valence-corrected chi connectivity index (χ1v) is 8.25. The van der Waals surface area contributed by atoms with Gasteiger partial charge in [0.15, 0.2) is 9.84 Å². The molecule has 0 aliphatic heterocycles. The molecule has 0 aliphatic rings. The fourth-order valence-electron chi connectivity index (χ4n) is 2.13. The van der Waals surface area contributed by atoms with Crippen LogP contribution in [0.4, 0.5) is 4.39 Å². The number of rotatable bonds is 4. The fraction of sp³-hybridized carbons (Fsp3) is 0.250. The lowest BCUT2D eigenvalue weighted by Crippen LogP contribution is -2.07. The Hall–Kier alpha value is -1.72. The average Bonchev–Trinajstić information content (AvgIpc) is 2.40. The van der Waals surface area contributed by atoms with E-state index in [9.17, 15) is 12.8 Å². The number of benzene rings is 2. The third kappa shape index (κ3) is 3.68. The highest BCUT2D eigenvalue weighted by molar-refractivity contribution is 7.90. The Bertz CT molecular complexity index is 770. The number of nitrogens with two attached hydrogens (primary N) is 1. The number of hydrogen-bond acceptors (Lipinski definition) is 3. The van der Waals surface area contributed by atoms with Gasteiger partial charge in [-0.25, -0.2) is 12.8 Å². The molecule has 0 aromatic heterocycles. The zero-order chi connectivity index (χ0) is 15.6. The van der Waals surface area contributed by atoms with Crippen LogP contribution in [-0.2, 0) is 22.1 Å². The molecule has 112 valence electrons. The predicted octanol–water partition coefficient (Wildman–Crippen LogP) is 2.88. The van der Waals surface area contributed by atoms with Crippen molar-refractivity contribution in [3.8, 4) is 0 Å². The third-order valence-corrected chi connectivity index (χ3v) is 5.13. The van der Waals surface area contributed by atoms with Gasteiger partial charge in [0.2, 0.25) is 0 Å². The Labute approximate surface area is 124 Å². The molecule has 2 rings (SSSR count). The molecule has 0 amide bonds.